The molecule has 1 unspecified atom stereocenters. The summed E-state index contributed by atoms with van der Waals surface area (Å²) in [5.74, 6) is 0.0647. The molecule has 0 aromatic heterocycles. The quantitative estimate of drug-likeness (QED) is 0.717. The zero-order chi connectivity index (χ0) is 13.6. The molecule has 0 spiro atoms. The maximum atomic E-state index is 11.1. The Morgan fingerprint density at radius 1 is 1.59 bits per heavy atom. The maximum absolute atomic E-state index is 11.1. The van der Waals surface area contributed by atoms with E-state index in [0.29, 0.717) is 6.42 Å². The molecule has 1 amide bonds. The first-order valence-electron chi connectivity index (χ1n) is 5.23. The normalized spacial score (nSPS) is 18.6. The third kappa shape index (κ3) is 4.82. The van der Waals surface area contributed by atoms with Crippen molar-refractivity contribution in [1.82, 2.24) is 4.90 Å². The molecule has 17 heavy (non-hydrogen) atoms. The predicted octanol–water partition coefficient (Wildman–Crippen LogP) is 1.44. The number of ketones is 1. The number of nitrogens with zero attached hydrogens (tertiary/aromatic N) is 1. The maximum Gasteiger partial charge on any atom is 0.406 e. The molecule has 0 heterocycles. The van der Waals surface area contributed by atoms with E-state index in [1.54, 1.807) is 13.0 Å². The highest BCUT2D eigenvalue weighted by Crippen LogP contribution is 2.25. The number of amides is 1. The Bertz CT molecular complexity index is 344. The summed E-state index contributed by atoms with van der Waals surface area (Å²) in [6, 6.07) is 0. The molecule has 2 N–H and O–H groups in total. The van der Waals surface area contributed by atoms with Gasteiger partial charge in [0.1, 0.15) is 0 Å². The molecule has 0 radical (unpaired) electrons. The summed E-state index contributed by atoms with van der Waals surface area (Å²) in [7, 11) is 2.95. The van der Waals surface area contributed by atoms with E-state index in [2.05, 4.69) is 6.58 Å². The van der Waals surface area contributed by atoms with Crippen molar-refractivity contribution >= 4 is 11.9 Å². The fraction of sp³-hybridized carbons (Fsp3) is 0.500. The van der Waals surface area contributed by atoms with Crippen LogP contribution in [0.2, 0.25) is 0 Å². The molecular formula is C12H19NO4. The highest BCUT2D eigenvalue weighted by molar-refractivity contribution is 5.99. The van der Waals surface area contributed by atoms with Crippen LogP contribution in [-0.2, 0) is 4.79 Å². The summed E-state index contributed by atoms with van der Waals surface area (Å²) in [6.07, 6.45) is 1.08. The van der Waals surface area contributed by atoms with Crippen molar-refractivity contribution in [2.24, 2.45) is 0 Å². The number of aliphatic hydroxyl groups excluding tert-OH is 1. The number of allylic oxidation sites excluding steroid dienone is 2. The van der Waals surface area contributed by atoms with Gasteiger partial charge in [-0.3, -0.25) is 4.79 Å². The molecule has 0 aliphatic heterocycles. The molecule has 1 atom stereocenters. The first kappa shape index (κ1) is 15.4. The van der Waals surface area contributed by atoms with Crippen LogP contribution in [0, 0.1) is 0 Å². The summed E-state index contributed by atoms with van der Waals surface area (Å²) >= 11 is 0. The lowest BCUT2D eigenvalue weighted by atomic mass is 10.1. The van der Waals surface area contributed by atoms with Crippen LogP contribution in [0.25, 0.3) is 0 Å². The second kappa shape index (κ2) is 6.85. The molecule has 0 bridgehead atoms. The number of carbonyl (C=O) groups is 2. The molecule has 0 aromatic rings. The highest BCUT2D eigenvalue weighted by Gasteiger charge is 2.26. The van der Waals surface area contributed by atoms with Gasteiger partial charge in [0.05, 0.1) is 6.10 Å². The van der Waals surface area contributed by atoms with Gasteiger partial charge in [-0.25, -0.2) is 4.79 Å². The van der Waals surface area contributed by atoms with Crippen molar-refractivity contribution in [3.05, 3.63) is 23.8 Å². The average Bonchev–Trinajstić information content (AvgIpc) is 2.46. The second-order valence-electron chi connectivity index (χ2n) is 3.97. The zero-order valence-corrected chi connectivity index (χ0v) is 10.4. The summed E-state index contributed by atoms with van der Waals surface area (Å²) in [5.41, 5.74) is 1.56. The fourth-order valence-corrected chi connectivity index (χ4v) is 1.29. The van der Waals surface area contributed by atoms with Gasteiger partial charge >= 0.3 is 6.09 Å². The van der Waals surface area contributed by atoms with Crippen molar-refractivity contribution in [2.45, 2.75) is 25.9 Å². The smallest absolute Gasteiger partial charge is 0.406 e. The molecule has 5 nitrogen and oxygen atoms in total. The second-order valence-corrected chi connectivity index (χ2v) is 3.97. The fourth-order valence-electron chi connectivity index (χ4n) is 1.29. The molecule has 0 fully saturated rings. The van der Waals surface area contributed by atoms with E-state index in [9.17, 15) is 14.7 Å². The number of carboxylic acid groups (broad SMARTS) is 1. The molecule has 5 heteroatoms. The third-order valence-electron chi connectivity index (χ3n) is 2.42. The lowest BCUT2D eigenvalue weighted by molar-refractivity contribution is -0.115. The van der Waals surface area contributed by atoms with Gasteiger partial charge in [0.15, 0.2) is 5.78 Å². The molecule has 0 aromatic carbocycles. The Hall–Kier alpha value is -1.62. The van der Waals surface area contributed by atoms with Gasteiger partial charge in [0, 0.05) is 26.1 Å². The van der Waals surface area contributed by atoms with E-state index in [0.717, 1.165) is 16.0 Å². The monoisotopic (exact) mass is 241 g/mol. The average molecular weight is 241 g/mol. The van der Waals surface area contributed by atoms with E-state index >= 15 is 0 Å². The molecule has 96 valence electrons. The van der Waals surface area contributed by atoms with Gasteiger partial charge in [-0.15, -0.1) is 6.58 Å². The van der Waals surface area contributed by atoms with E-state index in [1.807, 2.05) is 0 Å². The minimum Gasteiger partial charge on any atom is -0.465 e. The van der Waals surface area contributed by atoms with Crippen LogP contribution >= 0.6 is 0 Å². The topological polar surface area (TPSA) is 77.8 Å². The first-order chi connectivity index (χ1) is 7.81. The molecule has 0 saturated carbocycles. The number of hydrogen-bond acceptors (Lipinski definition) is 3. The molecular weight excluding hydrogens is 222 g/mol. The van der Waals surface area contributed by atoms with Crippen LogP contribution in [0.3, 0.4) is 0 Å². The Morgan fingerprint density at radius 3 is 2.29 bits per heavy atom. The zero-order valence-electron chi connectivity index (χ0n) is 10.4. The third-order valence-corrected chi connectivity index (χ3v) is 2.42. The van der Waals surface area contributed by atoms with E-state index < -0.39 is 12.2 Å². The number of carbonyl (C=O) groups excluding carboxylic acids is 1. The van der Waals surface area contributed by atoms with Gasteiger partial charge in [0.25, 0.3) is 0 Å². The SMILES string of the molecule is C=CCC1=C(C)C(O)CC1=O.CN(C)C(=O)O. The highest BCUT2D eigenvalue weighted by atomic mass is 16.4. The number of aliphatic hydroxyl groups is 1. The van der Waals surface area contributed by atoms with Gasteiger partial charge in [0.2, 0.25) is 0 Å². The Kier molecular flexibility index (Phi) is 6.20. The molecule has 1 aliphatic carbocycles. The van der Waals surface area contributed by atoms with Crippen molar-refractivity contribution in [3.8, 4) is 0 Å². The van der Waals surface area contributed by atoms with E-state index in [-0.39, 0.29) is 12.2 Å². The molecule has 0 saturated heterocycles. The van der Waals surface area contributed by atoms with Gasteiger partial charge < -0.3 is 15.1 Å². The summed E-state index contributed by atoms with van der Waals surface area (Å²) in [5, 5.41) is 17.2. The van der Waals surface area contributed by atoms with Crippen molar-refractivity contribution in [2.75, 3.05) is 14.1 Å². The van der Waals surface area contributed by atoms with Crippen LogP contribution in [0.1, 0.15) is 19.8 Å². The Labute approximate surface area is 101 Å². The molecule has 1 rings (SSSR count). The standard InChI is InChI=1S/C9H12O2.C3H7NO2/c1-3-4-7-6(2)8(10)5-9(7)11;1-4(2)3(5)6/h3,8,10H,1,4-5H2,2H3;1-2H3,(H,5,6). The number of Topliss-reactive ketones (excluding diaryl/α,β-unsaturated/α-hetero) is 1. The van der Waals surface area contributed by atoms with Crippen molar-refractivity contribution in [3.63, 3.8) is 0 Å². The first-order valence-corrected chi connectivity index (χ1v) is 5.23. The van der Waals surface area contributed by atoms with Gasteiger partial charge in [-0.05, 0) is 18.9 Å². The Morgan fingerprint density at radius 2 is 2.06 bits per heavy atom. The van der Waals surface area contributed by atoms with Crippen LogP contribution in [0.5, 0.6) is 0 Å². The van der Waals surface area contributed by atoms with Gasteiger partial charge in [-0.2, -0.15) is 0 Å². The number of rotatable bonds is 2. The van der Waals surface area contributed by atoms with Crippen LogP contribution < -0.4 is 0 Å². The molecule has 1 aliphatic rings. The van der Waals surface area contributed by atoms with E-state index in [4.69, 9.17) is 5.11 Å². The predicted molar refractivity (Wildman–Crippen MR) is 64.9 cm³/mol. The summed E-state index contributed by atoms with van der Waals surface area (Å²) < 4.78 is 0. The van der Waals surface area contributed by atoms with Crippen molar-refractivity contribution < 1.29 is 19.8 Å². The lowest BCUT2D eigenvalue weighted by Crippen LogP contribution is -2.18. The Balaban J connectivity index is 0.000000366. The van der Waals surface area contributed by atoms with Crippen LogP contribution in [0.4, 0.5) is 4.79 Å². The lowest BCUT2D eigenvalue weighted by Gasteiger charge is -1.99. The number of hydrogen-bond donors (Lipinski definition) is 2. The minimum absolute atomic E-state index is 0.0647. The van der Waals surface area contributed by atoms with Gasteiger partial charge in [-0.1, -0.05) is 6.08 Å². The summed E-state index contributed by atoms with van der Waals surface area (Å²) in [6.45, 7) is 5.35. The minimum atomic E-state index is -0.907. The van der Waals surface area contributed by atoms with Crippen molar-refractivity contribution in [1.29, 1.82) is 0 Å². The van der Waals surface area contributed by atoms with E-state index in [1.165, 1.54) is 14.1 Å². The van der Waals surface area contributed by atoms with Crippen LogP contribution in [-0.4, -0.2) is 47.2 Å². The summed E-state index contributed by atoms with van der Waals surface area (Å²) in [4.78, 5) is 21.8. The van der Waals surface area contributed by atoms with Crippen LogP contribution in [0.15, 0.2) is 23.8 Å². The largest absolute Gasteiger partial charge is 0.465 e.